The molecular formula is C11H13N3O4S. The fourth-order valence-corrected chi connectivity index (χ4v) is 2.08. The Labute approximate surface area is 112 Å². The highest BCUT2D eigenvalue weighted by Gasteiger charge is 2.21. The van der Waals surface area contributed by atoms with E-state index in [0.29, 0.717) is 4.96 Å². The van der Waals surface area contributed by atoms with Gasteiger partial charge in [0.2, 0.25) is 0 Å². The van der Waals surface area contributed by atoms with Crippen LogP contribution in [0.5, 0.6) is 0 Å². The number of fused-ring (bicyclic) bond motifs is 1. The van der Waals surface area contributed by atoms with E-state index in [4.69, 9.17) is 5.11 Å². The van der Waals surface area contributed by atoms with Crippen LogP contribution >= 0.6 is 11.3 Å². The van der Waals surface area contributed by atoms with Crippen LogP contribution in [0.25, 0.3) is 4.96 Å². The van der Waals surface area contributed by atoms with E-state index in [9.17, 15) is 14.7 Å². The molecule has 0 aromatic carbocycles. The van der Waals surface area contributed by atoms with Gasteiger partial charge in [-0.1, -0.05) is 0 Å². The molecule has 1 atom stereocenters. The largest absolute Gasteiger partial charge is 0.393 e. The molecule has 3 N–H and O–H groups in total. The summed E-state index contributed by atoms with van der Waals surface area (Å²) in [5.74, 6) is -0.633. The van der Waals surface area contributed by atoms with Crippen molar-refractivity contribution in [1.82, 2.24) is 14.7 Å². The first-order valence-electron chi connectivity index (χ1n) is 5.51. The van der Waals surface area contributed by atoms with Crippen molar-refractivity contribution < 1.29 is 15.0 Å². The Morgan fingerprint density at radius 2 is 2.37 bits per heavy atom. The van der Waals surface area contributed by atoms with Crippen molar-refractivity contribution in [3.63, 3.8) is 0 Å². The summed E-state index contributed by atoms with van der Waals surface area (Å²) in [5, 5.41) is 22.5. The van der Waals surface area contributed by atoms with Gasteiger partial charge < -0.3 is 15.5 Å². The summed E-state index contributed by atoms with van der Waals surface area (Å²) in [6.45, 7) is 0.725. The zero-order valence-electron chi connectivity index (χ0n) is 10.2. The van der Waals surface area contributed by atoms with Gasteiger partial charge in [0, 0.05) is 24.3 Å². The van der Waals surface area contributed by atoms with Crippen LogP contribution in [-0.4, -0.2) is 44.3 Å². The average molecular weight is 283 g/mol. The summed E-state index contributed by atoms with van der Waals surface area (Å²) in [6, 6.07) is 0. The first kappa shape index (κ1) is 13.7. The summed E-state index contributed by atoms with van der Waals surface area (Å²) in [5.41, 5.74) is -2.00. The van der Waals surface area contributed by atoms with E-state index in [-0.39, 0.29) is 12.1 Å². The predicted molar refractivity (Wildman–Crippen MR) is 69.4 cm³/mol. The number of amides is 1. The normalized spacial score (nSPS) is 14.3. The zero-order chi connectivity index (χ0) is 14.0. The fraction of sp³-hybridized carbons (Fsp3) is 0.364. The molecule has 2 aromatic heterocycles. The minimum absolute atomic E-state index is 0.107. The van der Waals surface area contributed by atoms with Gasteiger partial charge in [-0.05, 0) is 6.92 Å². The maximum absolute atomic E-state index is 12.0. The number of carbonyl (C=O) groups is 1. The van der Waals surface area contributed by atoms with Gasteiger partial charge in [0.15, 0.2) is 4.96 Å². The average Bonchev–Trinajstić information content (AvgIpc) is 2.86. The van der Waals surface area contributed by atoms with Gasteiger partial charge in [-0.3, -0.25) is 14.0 Å². The van der Waals surface area contributed by atoms with Gasteiger partial charge in [0.05, 0.1) is 6.61 Å². The van der Waals surface area contributed by atoms with E-state index >= 15 is 0 Å². The second-order valence-electron chi connectivity index (χ2n) is 4.37. The zero-order valence-corrected chi connectivity index (χ0v) is 11.0. The van der Waals surface area contributed by atoms with E-state index in [1.54, 1.807) is 5.38 Å². The van der Waals surface area contributed by atoms with Crippen LogP contribution in [0.4, 0.5) is 0 Å². The van der Waals surface area contributed by atoms with Crippen LogP contribution in [-0.2, 0) is 0 Å². The highest BCUT2D eigenvalue weighted by Crippen LogP contribution is 2.06. The second kappa shape index (κ2) is 5.08. The smallest absolute Gasteiger partial charge is 0.271 e. The Bertz CT molecular complexity index is 661. The molecule has 0 spiro atoms. The van der Waals surface area contributed by atoms with Crippen molar-refractivity contribution in [2.45, 2.75) is 12.5 Å². The van der Waals surface area contributed by atoms with E-state index in [2.05, 4.69) is 10.3 Å². The quantitative estimate of drug-likeness (QED) is 0.683. The Morgan fingerprint density at radius 3 is 3.05 bits per heavy atom. The van der Waals surface area contributed by atoms with Crippen molar-refractivity contribution in [3.8, 4) is 0 Å². The Kier molecular flexibility index (Phi) is 3.65. The highest BCUT2D eigenvalue weighted by atomic mass is 32.1. The molecule has 1 unspecified atom stereocenters. The Morgan fingerprint density at radius 1 is 1.63 bits per heavy atom. The number of hydrogen-bond acceptors (Lipinski definition) is 6. The lowest BCUT2D eigenvalue weighted by molar-refractivity contribution is 0.00318. The first-order chi connectivity index (χ1) is 8.94. The third-order valence-electron chi connectivity index (χ3n) is 2.56. The molecule has 19 heavy (non-hydrogen) atoms. The predicted octanol–water partition coefficient (Wildman–Crippen LogP) is -0.771. The molecule has 1 amide bonds. The summed E-state index contributed by atoms with van der Waals surface area (Å²) >= 11 is 1.29. The molecule has 102 valence electrons. The lowest BCUT2D eigenvalue weighted by atomic mass is 10.1. The van der Waals surface area contributed by atoms with E-state index < -0.39 is 23.7 Å². The van der Waals surface area contributed by atoms with Gasteiger partial charge in [0.1, 0.15) is 11.2 Å². The monoisotopic (exact) mass is 283 g/mol. The van der Waals surface area contributed by atoms with Crippen molar-refractivity contribution in [2.24, 2.45) is 0 Å². The number of carbonyl (C=O) groups excluding carboxylic acids is 1. The van der Waals surface area contributed by atoms with Gasteiger partial charge >= 0.3 is 0 Å². The first-order valence-corrected chi connectivity index (χ1v) is 6.39. The number of nitrogens with one attached hydrogen (secondary N) is 1. The Hall–Kier alpha value is -1.77. The standard InChI is InChI=1S/C11H13N3O4S/c1-11(18,6-15)5-13-8(16)7-4-12-10-14(9(7)17)2-3-19-10/h2-4,15,18H,5-6H2,1H3,(H,13,16). The maximum atomic E-state index is 12.0. The SMILES string of the molecule is CC(O)(CO)CNC(=O)c1cnc2sccn2c1=O. The minimum atomic E-state index is -1.42. The molecule has 7 nitrogen and oxygen atoms in total. The summed E-state index contributed by atoms with van der Waals surface area (Å²) < 4.78 is 1.28. The molecular weight excluding hydrogens is 270 g/mol. The minimum Gasteiger partial charge on any atom is -0.393 e. The number of rotatable bonds is 4. The van der Waals surface area contributed by atoms with Gasteiger partial charge in [-0.2, -0.15) is 0 Å². The molecule has 8 heteroatoms. The van der Waals surface area contributed by atoms with Crippen LogP contribution in [0.1, 0.15) is 17.3 Å². The molecule has 0 saturated heterocycles. The van der Waals surface area contributed by atoms with Crippen LogP contribution in [0.3, 0.4) is 0 Å². The molecule has 0 saturated carbocycles. The van der Waals surface area contributed by atoms with Crippen molar-refractivity contribution in [3.05, 3.63) is 33.7 Å². The van der Waals surface area contributed by atoms with Crippen molar-refractivity contribution in [1.29, 1.82) is 0 Å². The van der Waals surface area contributed by atoms with E-state index in [1.165, 1.54) is 35.1 Å². The van der Waals surface area contributed by atoms with Gasteiger partial charge in [-0.25, -0.2) is 4.98 Å². The lowest BCUT2D eigenvalue weighted by Crippen LogP contribution is -2.44. The topological polar surface area (TPSA) is 104 Å². The molecule has 0 aliphatic carbocycles. The van der Waals surface area contributed by atoms with Crippen molar-refractivity contribution in [2.75, 3.05) is 13.2 Å². The summed E-state index contributed by atoms with van der Waals surface area (Å²) in [7, 11) is 0. The van der Waals surface area contributed by atoms with Crippen LogP contribution in [0.15, 0.2) is 22.6 Å². The van der Waals surface area contributed by atoms with Gasteiger partial charge in [0.25, 0.3) is 11.5 Å². The molecule has 0 radical (unpaired) electrons. The van der Waals surface area contributed by atoms with E-state index in [1.807, 2.05) is 0 Å². The third-order valence-corrected chi connectivity index (χ3v) is 3.33. The van der Waals surface area contributed by atoms with E-state index in [0.717, 1.165) is 0 Å². The molecule has 0 aliphatic rings. The molecule has 0 aliphatic heterocycles. The molecule has 0 bridgehead atoms. The lowest BCUT2D eigenvalue weighted by Gasteiger charge is -2.20. The van der Waals surface area contributed by atoms with Crippen LogP contribution in [0.2, 0.25) is 0 Å². The van der Waals surface area contributed by atoms with Crippen LogP contribution in [0, 0.1) is 0 Å². The summed E-state index contributed by atoms with van der Waals surface area (Å²) in [6.07, 6.45) is 2.74. The second-order valence-corrected chi connectivity index (χ2v) is 5.24. The maximum Gasteiger partial charge on any atom is 0.271 e. The number of hydrogen-bond donors (Lipinski definition) is 3. The number of nitrogens with zero attached hydrogens (tertiary/aromatic N) is 2. The number of thiazole rings is 1. The molecule has 2 aromatic rings. The molecule has 0 fully saturated rings. The fourth-order valence-electron chi connectivity index (χ4n) is 1.40. The molecule has 2 heterocycles. The van der Waals surface area contributed by atoms with Gasteiger partial charge in [-0.15, -0.1) is 11.3 Å². The molecule has 2 rings (SSSR count). The van der Waals surface area contributed by atoms with Crippen molar-refractivity contribution >= 4 is 22.2 Å². The summed E-state index contributed by atoms with van der Waals surface area (Å²) in [4.78, 5) is 28.3. The van der Waals surface area contributed by atoms with Crippen LogP contribution < -0.4 is 10.9 Å². The third kappa shape index (κ3) is 2.80. The number of aromatic nitrogens is 2. The Balaban J connectivity index is 2.22. The highest BCUT2D eigenvalue weighted by molar-refractivity contribution is 7.15. The number of aliphatic hydroxyl groups excluding tert-OH is 1. The number of aliphatic hydroxyl groups is 2.